The third-order valence-corrected chi connectivity index (χ3v) is 14.1. The topological polar surface area (TPSA) is 306 Å². The molecule has 24 nitrogen and oxygen atoms in total. The number of nitrogens with one attached hydrogen (secondary N) is 3. The van der Waals surface area contributed by atoms with Gasteiger partial charge >= 0.3 is 0 Å². The van der Waals surface area contributed by atoms with E-state index in [1.54, 1.807) is 90.4 Å². The van der Waals surface area contributed by atoms with Crippen LogP contribution in [-0.4, -0.2) is 148 Å². The maximum atomic E-state index is 14.8. The predicted molar refractivity (Wildman–Crippen MR) is 284 cm³/mol. The van der Waals surface area contributed by atoms with Crippen LogP contribution >= 0.6 is 0 Å². The molecule has 3 aromatic carbocycles. The van der Waals surface area contributed by atoms with Gasteiger partial charge in [0.1, 0.15) is 31.2 Å². The highest BCUT2D eigenvalue weighted by atomic mass is 19.1. The van der Waals surface area contributed by atoms with Crippen LogP contribution in [0.4, 0.5) is 30.6 Å². The number of aliphatic hydroxyl groups is 3. The molecule has 9 heterocycles. The lowest BCUT2D eigenvalue weighted by Gasteiger charge is -2.15. The Kier molecular flexibility index (Phi) is 16.7. The number of anilines is 3. The first kappa shape index (κ1) is 55.6. The van der Waals surface area contributed by atoms with Gasteiger partial charge in [0.05, 0.1) is 44.4 Å². The van der Waals surface area contributed by atoms with Gasteiger partial charge < -0.3 is 45.5 Å². The maximum absolute atomic E-state index is 14.8. The number of aliphatic hydroxyl groups excluding tert-OH is 3. The van der Waals surface area contributed by atoms with Gasteiger partial charge in [-0.15, -0.1) is 0 Å². The number of alkyl halides is 3. The molecule has 12 atom stereocenters. The summed E-state index contributed by atoms with van der Waals surface area (Å²) in [6, 6.07) is 26.1. The highest BCUT2D eigenvalue weighted by molar-refractivity contribution is 6.08. The van der Waals surface area contributed by atoms with Crippen LogP contribution in [0.15, 0.2) is 129 Å². The van der Waals surface area contributed by atoms with E-state index in [1.807, 2.05) is 26.0 Å². The Balaban J connectivity index is 0.000000136. The van der Waals surface area contributed by atoms with E-state index in [0.717, 1.165) is 6.42 Å². The SMILES string of the molecule is CC[C@H]1O[C@@H](n2cnc3c(NC(=O)c4ccccc4)ncnc32)[C@@H](F)[C@@H]1C.C[C@H]1[C@H](F)[C@H](n2cnc3c(NC(=O)c4ccccc4)ncnc32)O[C@@H]1CO.O=C(Nc1ncnc2c1ncn2[C@@H]1O[C@H](CO)[C@@H](O)[C@@H]1F)c1ccccc1. The largest absolute Gasteiger partial charge is 0.394 e. The van der Waals surface area contributed by atoms with Crippen LogP contribution in [0, 0.1) is 11.8 Å². The molecule has 6 aromatic heterocycles. The molecule has 12 rings (SSSR count). The minimum absolute atomic E-state index is 0.151. The van der Waals surface area contributed by atoms with Crippen molar-refractivity contribution in [3.8, 4) is 0 Å². The van der Waals surface area contributed by atoms with Crippen LogP contribution in [0.5, 0.6) is 0 Å². The summed E-state index contributed by atoms with van der Waals surface area (Å²) in [6.45, 7) is 4.72. The van der Waals surface area contributed by atoms with Crippen molar-refractivity contribution in [3.05, 3.63) is 146 Å². The Hall–Kier alpha value is -8.73. The first-order chi connectivity index (χ1) is 39.3. The minimum atomic E-state index is -1.77. The molecule has 3 fully saturated rings. The van der Waals surface area contributed by atoms with Gasteiger partial charge in [0.25, 0.3) is 17.7 Å². The standard InChI is InChI=1S/C19H20FN5O2.C18H18FN5O3.C17H16FN5O4/c1-3-13-11(2)14(20)19(27-13)25-10-23-15-16(21-9-22-17(15)25)24-18(26)12-7-5-4-6-8-12;1-10-12(7-25)27-18(13(10)19)24-9-22-14-15(20-8-21-16(14)24)23-17(26)11-5-3-2-4-6-11;18-11-13(25)10(6-24)27-17(11)23-8-21-12-14(19-7-20-15(12)23)22-16(26)9-4-2-1-3-5-9/h4-11,13-14,19H,3H2,1-2H3,(H,21,22,24,26);2-6,8-10,12-13,18,25H,7H2,1H3,(H,20,21,23,26);1-5,7-8,10-11,13,17,24-25H,6H2,(H,19,20,22,26)/t11-,13-,14+,19-;10-,12-,13+,18-;10-,11+,13-,17-/m111/s1. The smallest absolute Gasteiger partial charge is 0.256 e. The van der Waals surface area contributed by atoms with Gasteiger partial charge in [-0.25, -0.2) is 58.0 Å². The number of ether oxygens (including phenoxy) is 3. The van der Waals surface area contributed by atoms with Crippen LogP contribution in [0.1, 0.15) is 76.9 Å². The summed E-state index contributed by atoms with van der Waals surface area (Å²) < 4.78 is 65.0. The summed E-state index contributed by atoms with van der Waals surface area (Å²) in [6.07, 6.45) is -1.71. The molecule has 0 saturated carbocycles. The van der Waals surface area contributed by atoms with E-state index >= 15 is 0 Å². The minimum Gasteiger partial charge on any atom is -0.394 e. The molecule has 0 unspecified atom stereocenters. The average molecular weight is 1110 g/mol. The van der Waals surface area contributed by atoms with Gasteiger partial charge in [0, 0.05) is 28.5 Å². The molecule has 3 amide bonds. The molecule has 6 N–H and O–H groups in total. The van der Waals surface area contributed by atoms with Gasteiger partial charge in [0.2, 0.25) is 0 Å². The predicted octanol–water partition coefficient (Wildman–Crippen LogP) is 5.97. The van der Waals surface area contributed by atoms with E-state index in [9.17, 15) is 42.9 Å². The van der Waals surface area contributed by atoms with E-state index in [2.05, 4.69) is 60.8 Å². The molecule has 27 heteroatoms. The van der Waals surface area contributed by atoms with Crippen molar-refractivity contribution in [3.63, 3.8) is 0 Å². The van der Waals surface area contributed by atoms with Crippen LogP contribution < -0.4 is 16.0 Å². The summed E-state index contributed by atoms with van der Waals surface area (Å²) in [7, 11) is 0. The number of rotatable bonds is 12. The second-order valence-electron chi connectivity index (χ2n) is 19.1. The lowest BCUT2D eigenvalue weighted by Crippen LogP contribution is -2.30. The van der Waals surface area contributed by atoms with Crippen molar-refractivity contribution < 1.29 is 57.1 Å². The molecule has 0 bridgehead atoms. The number of aromatic nitrogens is 12. The molecule has 81 heavy (non-hydrogen) atoms. The van der Waals surface area contributed by atoms with E-state index in [1.165, 1.54) is 47.1 Å². The van der Waals surface area contributed by atoms with Gasteiger partial charge in [-0.05, 0) is 42.8 Å². The van der Waals surface area contributed by atoms with E-state index in [0.29, 0.717) is 39.0 Å². The highest BCUT2D eigenvalue weighted by Crippen LogP contribution is 2.40. The normalized spacial score (nSPS) is 25.0. The second-order valence-corrected chi connectivity index (χ2v) is 19.1. The molecule has 0 aliphatic carbocycles. The Morgan fingerprint density at radius 1 is 0.481 bits per heavy atom. The number of amides is 3. The monoisotopic (exact) mass is 1110 g/mol. The number of hydrogen-bond acceptors (Lipinski definition) is 18. The number of benzene rings is 3. The molecular weight excluding hydrogens is 1060 g/mol. The Labute approximate surface area is 458 Å². The number of carbonyl (C=O) groups excluding carboxylic acids is 3. The average Bonchev–Trinajstić information content (AvgIpc) is 4.56. The number of halogens is 3. The zero-order valence-corrected chi connectivity index (χ0v) is 43.5. The van der Waals surface area contributed by atoms with Crippen molar-refractivity contribution in [1.29, 1.82) is 0 Å². The van der Waals surface area contributed by atoms with Crippen molar-refractivity contribution in [2.24, 2.45) is 11.8 Å². The fourth-order valence-corrected chi connectivity index (χ4v) is 9.58. The Morgan fingerprint density at radius 3 is 1.11 bits per heavy atom. The molecule has 3 saturated heterocycles. The maximum Gasteiger partial charge on any atom is 0.256 e. The second kappa shape index (κ2) is 24.3. The highest BCUT2D eigenvalue weighted by Gasteiger charge is 2.47. The number of fused-ring (bicyclic) bond motifs is 3. The molecule has 3 aliphatic heterocycles. The number of nitrogens with zero attached hydrogens (tertiary/aromatic N) is 12. The number of hydrogen-bond donors (Lipinski definition) is 6. The molecule has 9 aromatic rings. The first-order valence-electron chi connectivity index (χ1n) is 25.7. The van der Waals surface area contributed by atoms with Gasteiger partial charge in [-0.2, -0.15) is 0 Å². The zero-order valence-electron chi connectivity index (χ0n) is 43.5. The summed E-state index contributed by atoms with van der Waals surface area (Å²) in [5.41, 5.74) is 3.39. The van der Waals surface area contributed by atoms with Crippen molar-refractivity contribution in [2.75, 3.05) is 29.2 Å². The number of carbonyl (C=O) groups is 3. The van der Waals surface area contributed by atoms with Crippen LogP contribution in [-0.2, 0) is 14.2 Å². The van der Waals surface area contributed by atoms with Crippen molar-refractivity contribution in [1.82, 2.24) is 58.6 Å². The van der Waals surface area contributed by atoms with Gasteiger partial charge in [-0.1, -0.05) is 75.4 Å². The molecule has 0 spiro atoms. The van der Waals surface area contributed by atoms with Crippen LogP contribution in [0.2, 0.25) is 0 Å². The Bertz CT molecular complexity index is 3270. The third-order valence-electron chi connectivity index (χ3n) is 14.1. The molecule has 0 radical (unpaired) electrons. The summed E-state index contributed by atoms with van der Waals surface area (Å²) in [5, 5.41) is 36.4. The Morgan fingerprint density at radius 2 is 0.802 bits per heavy atom. The fourth-order valence-electron chi connectivity index (χ4n) is 9.58. The van der Waals surface area contributed by atoms with Crippen LogP contribution in [0.3, 0.4) is 0 Å². The molecular formula is C54H54F3N15O9. The zero-order chi connectivity index (χ0) is 56.9. The van der Waals surface area contributed by atoms with Gasteiger partial charge in [-0.3, -0.25) is 28.1 Å². The summed E-state index contributed by atoms with van der Waals surface area (Å²) in [4.78, 5) is 74.5. The lowest BCUT2D eigenvalue weighted by molar-refractivity contribution is -0.0459. The van der Waals surface area contributed by atoms with Crippen LogP contribution in [0.25, 0.3) is 33.5 Å². The van der Waals surface area contributed by atoms with E-state index < -0.39 is 68.0 Å². The van der Waals surface area contributed by atoms with E-state index in [4.69, 9.17) is 14.2 Å². The quantitative estimate of drug-likeness (QED) is 0.0821. The first-order valence-corrected chi connectivity index (χ1v) is 25.7. The summed E-state index contributed by atoms with van der Waals surface area (Å²) >= 11 is 0. The van der Waals surface area contributed by atoms with Gasteiger partial charge in [0.15, 0.2) is 88.1 Å². The molecule has 3 aliphatic rings. The summed E-state index contributed by atoms with van der Waals surface area (Å²) in [5.74, 6) is -1.01. The van der Waals surface area contributed by atoms with Crippen molar-refractivity contribution in [2.45, 2.75) is 88.8 Å². The molecule has 420 valence electrons. The third kappa shape index (κ3) is 11.3. The fraction of sp³-hybridized carbons (Fsp3) is 0.333. The van der Waals surface area contributed by atoms with E-state index in [-0.39, 0.29) is 65.0 Å². The number of imidazole rings is 3. The van der Waals surface area contributed by atoms with Crippen molar-refractivity contribution >= 4 is 68.7 Å². The lowest BCUT2D eigenvalue weighted by atomic mass is 10.00.